The minimum Gasteiger partial charge on any atom is -0.240 e. The number of para-hydroxylation sites is 1. The molecule has 0 radical (unpaired) electrons. The van der Waals surface area contributed by atoms with Gasteiger partial charge in [0.25, 0.3) is 0 Å². The van der Waals surface area contributed by atoms with Crippen LogP contribution in [0.2, 0.25) is 0 Å². The van der Waals surface area contributed by atoms with Crippen molar-refractivity contribution in [3.8, 4) is 5.69 Å². The molecule has 0 aliphatic rings. The number of nitrogens with zero attached hydrogens (tertiary/aromatic N) is 2. The molecule has 0 fully saturated rings. The molecule has 0 saturated heterocycles. The number of rotatable bonds is 2. The molecule has 78 valence electrons. The second kappa shape index (κ2) is 3.89. The van der Waals surface area contributed by atoms with Gasteiger partial charge in [0.1, 0.15) is 0 Å². The van der Waals surface area contributed by atoms with E-state index < -0.39 is 0 Å². The van der Waals surface area contributed by atoms with Crippen LogP contribution in [0.1, 0.15) is 31.0 Å². The summed E-state index contributed by atoms with van der Waals surface area (Å²) < 4.78 is 1.95. The standard InChI is InChI=1S/C13H16N2/c1-10(2)12-8-9-15(14-12)13-7-5-4-6-11(13)3/h4-10H,1-3H3. The van der Waals surface area contributed by atoms with Crippen molar-refractivity contribution in [3.63, 3.8) is 0 Å². The quantitative estimate of drug-likeness (QED) is 0.727. The molecule has 0 aliphatic heterocycles. The summed E-state index contributed by atoms with van der Waals surface area (Å²) in [6, 6.07) is 10.4. The predicted molar refractivity (Wildman–Crippen MR) is 62.4 cm³/mol. The number of aromatic nitrogens is 2. The minimum absolute atomic E-state index is 0.482. The zero-order valence-corrected chi connectivity index (χ0v) is 9.44. The third kappa shape index (κ3) is 1.94. The predicted octanol–water partition coefficient (Wildman–Crippen LogP) is 3.30. The normalized spacial score (nSPS) is 10.9. The van der Waals surface area contributed by atoms with E-state index in [0.717, 1.165) is 11.4 Å². The van der Waals surface area contributed by atoms with Crippen LogP contribution in [0.15, 0.2) is 36.5 Å². The van der Waals surface area contributed by atoms with E-state index in [-0.39, 0.29) is 0 Å². The lowest BCUT2D eigenvalue weighted by Gasteiger charge is -2.05. The van der Waals surface area contributed by atoms with Crippen molar-refractivity contribution < 1.29 is 0 Å². The number of benzene rings is 1. The summed E-state index contributed by atoms with van der Waals surface area (Å²) in [7, 11) is 0. The number of aryl methyl sites for hydroxylation is 1. The van der Waals surface area contributed by atoms with Crippen molar-refractivity contribution >= 4 is 0 Å². The Labute approximate surface area is 90.6 Å². The summed E-state index contributed by atoms with van der Waals surface area (Å²) >= 11 is 0. The highest BCUT2D eigenvalue weighted by Crippen LogP contribution is 2.16. The largest absolute Gasteiger partial charge is 0.240 e. The average Bonchev–Trinajstić information content (AvgIpc) is 2.67. The molecule has 0 saturated carbocycles. The highest BCUT2D eigenvalue weighted by molar-refractivity contribution is 5.39. The maximum absolute atomic E-state index is 4.56. The Balaban J connectivity index is 2.42. The van der Waals surface area contributed by atoms with Gasteiger partial charge in [-0.05, 0) is 30.5 Å². The molecule has 0 aliphatic carbocycles. The molecule has 1 heterocycles. The van der Waals surface area contributed by atoms with Crippen LogP contribution in [0.25, 0.3) is 5.69 Å². The summed E-state index contributed by atoms with van der Waals surface area (Å²) in [5.41, 5.74) is 3.54. The zero-order chi connectivity index (χ0) is 10.8. The van der Waals surface area contributed by atoms with Gasteiger partial charge in [-0.15, -0.1) is 0 Å². The van der Waals surface area contributed by atoms with E-state index in [2.05, 4.69) is 44.1 Å². The van der Waals surface area contributed by atoms with Crippen molar-refractivity contribution in [2.24, 2.45) is 0 Å². The Morgan fingerprint density at radius 2 is 1.87 bits per heavy atom. The van der Waals surface area contributed by atoms with Crippen molar-refractivity contribution in [3.05, 3.63) is 47.8 Å². The summed E-state index contributed by atoms with van der Waals surface area (Å²) in [5, 5.41) is 4.56. The molecular weight excluding hydrogens is 184 g/mol. The summed E-state index contributed by atoms with van der Waals surface area (Å²) in [4.78, 5) is 0. The monoisotopic (exact) mass is 200 g/mol. The van der Waals surface area contributed by atoms with Gasteiger partial charge in [0.05, 0.1) is 11.4 Å². The molecule has 0 unspecified atom stereocenters. The van der Waals surface area contributed by atoms with E-state index in [0.29, 0.717) is 5.92 Å². The van der Waals surface area contributed by atoms with E-state index in [1.54, 1.807) is 0 Å². The molecule has 0 N–H and O–H groups in total. The Kier molecular flexibility index (Phi) is 2.58. The summed E-state index contributed by atoms with van der Waals surface area (Å²) in [6.45, 7) is 6.42. The third-order valence-electron chi connectivity index (χ3n) is 2.56. The smallest absolute Gasteiger partial charge is 0.0674 e. The fourth-order valence-corrected chi connectivity index (χ4v) is 1.60. The van der Waals surface area contributed by atoms with Crippen LogP contribution in [0, 0.1) is 6.92 Å². The highest BCUT2D eigenvalue weighted by atomic mass is 15.3. The van der Waals surface area contributed by atoms with E-state index in [1.165, 1.54) is 5.56 Å². The first-order chi connectivity index (χ1) is 7.18. The SMILES string of the molecule is Cc1ccccc1-n1ccc(C(C)C)n1. The van der Waals surface area contributed by atoms with E-state index in [4.69, 9.17) is 0 Å². The van der Waals surface area contributed by atoms with Gasteiger partial charge in [0.15, 0.2) is 0 Å². The first kappa shape index (κ1) is 9.97. The number of hydrogen-bond donors (Lipinski definition) is 0. The van der Waals surface area contributed by atoms with Crippen molar-refractivity contribution in [1.82, 2.24) is 9.78 Å². The minimum atomic E-state index is 0.482. The second-order valence-corrected chi connectivity index (χ2v) is 4.13. The van der Waals surface area contributed by atoms with Gasteiger partial charge in [-0.1, -0.05) is 32.0 Å². The van der Waals surface area contributed by atoms with E-state index >= 15 is 0 Å². The first-order valence-corrected chi connectivity index (χ1v) is 5.30. The molecule has 2 heteroatoms. The Bertz CT molecular complexity index is 455. The lowest BCUT2D eigenvalue weighted by Crippen LogP contribution is -1.99. The lowest BCUT2D eigenvalue weighted by molar-refractivity contribution is 0.766. The molecule has 15 heavy (non-hydrogen) atoms. The fourth-order valence-electron chi connectivity index (χ4n) is 1.60. The maximum Gasteiger partial charge on any atom is 0.0674 e. The summed E-state index contributed by atoms with van der Waals surface area (Å²) in [6.07, 6.45) is 2.03. The molecular formula is C13H16N2. The molecule has 1 aromatic heterocycles. The van der Waals surface area contributed by atoms with E-state index in [9.17, 15) is 0 Å². The summed E-state index contributed by atoms with van der Waals surface area (Å²) in [5.74, 6) is 0.482. The Morgan fingerprint density at radius 1 is 1.13 bits per heavy atom. The Morgan fingerprint density at radius 3 is 2.47 bits per heavy atom. The molecule has 2 rings (SSSR count). The molecule has 0 bridgehead atoms. The van der Waals surface area contributed by atoms with Crippen LogP contribution in [0.5, 0.6) is 0 Å². The number of hydrogen-bond acceptors (Lipinski definition) is 1. The van der Waals surface area contributed by atoms with Gasteiger partial charge in [0, 0.05) is 6.20 Å². The molecule has 0 spiro atoms. The fraction of sp³-hybridized carbons (Fsp3) is 0.308. The van der Waals surface area contributed by atoms with Crippen LogP contribution in [-0.4, -0.2) is 9.78 Å². The Hall–Kier alpha value is -1.57. The third-order valence-corrected chi connectivity index (χ3v) is 2.56. The zero-order valence-electron chi connectivity index (χ0n) is 9.44. The van der Waals surface area contributed by atoms with Crippen molar-refractivity contribution in [2.75, 3.05) is 0 Å². The van der Waals surface area contributed by atoms with Gasteiger partial charge in [-0.2, -0.15) is 5.10 Å². The average molecular weight is 200 g/mol. The van der Waals surface area contributed by atoms with Crippen LogP contribution < -0.4 is 0 Å². The maximum atomic E-state index is 4.56. The molecule has 0 atom stereocenters. The lowest BCUT2D eigenvalue weighted by atomic mass is 10.1. The topological polar surface area (TPSA) is 17.8 Å². The van der Waals surface area contributed by atoms with Crippen LogP contribution in [0.4, 0.5) is 0 Å². The molecule has 2 aromatic rings. The van der Waals surface area contributed by atoms with Crippen molar-refractivity contribution in [2.45, 2.75) is 26.7 Å². The van der Waals surface area contributed by atoms with Crippen LogP contribution in [-0.2, 0) is 0 Å². The second-order valence-electron chi connectivity index (χ2n) is 4.13. The van der Waals surface area contributed by atoms with E-state index in [1.807, 2.05) is 23.0 Å². The first-order valence-electron chi connectivity index (χ1n) is 5.30. The van der Waals surface area contributed by atoms with Gasteiger partial charge in [0.2, 0.25) is 0 Å². The van der Waals surface area contributed by atoms with Gasteiger partial charge in [-0.3, -0.25) is 0 Å². The van der Waals surface area contributed by atoms with Crippen molar-refractivity contribution in [1.29, 1.82) is 0 Å². The highest BCUT2D eigenvalue weighted by Gasteiger charge is 2.05. The van der Waals surface area contributed by atoms with Gasteiger partial charge >= 0.3 is 0 Å². The van der Waals surface area contributed by atoms with Crippen LogP contribution in [0.3, 0.4) is 0 Å². The van der Waals surface area contributed by atoms with Gasteiger partial charge in [-0.25, -0.2) is 4.68 Å². The van der Waals surface area contributed by atoms with Crippen LogP contribution >= 0.6 is 0 Å². The molecule has 0 amide bonds. The molecule has 2 nitrogen and oxygen atoms in total. The molecule has 1 aromatic carbocycles. The van der Waals surface area contributed by atoms with Gasteiger partial charge < -0.3 is 0 Å².